The lowest BCUT2D eigenvalue weighted by molar-refractivity contribution is 1.28. The van der Waals surface area contributed by atoms with Gasteiger partial charge in [0.25, 0.3) is 0 Å². The second-order valence-electron chi connectivity index (χ2n) is 15.1. The Labute approximate surface area is 366 Å². The minimum absolute atomic E-state index is 1.08. The molecule has 0 saturated heterocycles. The SMILES string of the molecule is C=C/C=C\C=C\c1ccc(N(c2ccc(-c3ccccc3)cc2)c2ccc(-c3ccc(N(c4ccc(-c5ccccc5)cc4)c4ccc(-c5ccccc5)cc4)cc3)cc2)cc1. The molecule has 0 radical (unpaired) electrons. The quantitative estimate of drug-likeness (QED) is 0.107. The van der Waals surface area contributed by atoms with Gasteiger partial charge in [-0.25, -0.2) is 0 Å². The molecule has 0 aliphatic rings. The van der Waals surface area contributed by atoms with Crippen LogP contribution in [0.2, 0.25) is 0 Å². The normalized spacial score (nSPS) is 11.2. The molecule has 0 amide bonds. The molecule has 296 valence electrons. The Bertz CT molecular complexity index is 2800. The molecular formula is C60H46N2. The molecule has 2 nitrogen and oxygen atoms in total. The van der Waals surface area contributed by atoms with E-state index in [-0.39, 0.29) is 0 Å². The van der Waals surface area contributed by atoms with Crippen molar-refractivity contribution in [2.24, 2.45) is 0 Å². The highest BCUT2D eigenvalue weighted by molar-refractivity contribution is 5.83. The number of hydrogen-bond donors (Lipinski definition) is 0. The molecule has 0 spiro atoms. The largest absolute Gasteiger partial charge is 0.311 e. The fourth-order valence-corrected chi connectivity index (χ4v) is 7.84. The lowest BCUT2D eigenvalue weighted by Gasteiger charge is -2.26. The van der Waals surface area contributed by atoms with Gasteiger partial charge < -0.3 is 9.80 Å². The summed E-state index contributed by atoms with van der Waals surface area (Å²) in [5.74, 6) is 0. The molecule has 0 atom stereocenters. The summed E-state index contributed by atoms with van der Waals surface area (Å²) in [6.07, 6.45) is 9.83. The predicted molar refractivity (Wildman–Crippen MR) is 266 cm³/mol. The zero-order valence-corrected chi connectivity index (χ0v) is 34.5. The van der Waals surface area contributed by atoms with Crippen LogP contribution >= 0.6 is 0 Å². The van der Waals surface area contributed by atoms with Gasteiger partial charge in [-0.3, -0.25) is 0 Å². The van der Waals surface area contributed by atoms with E-state index in [1.807, 2.05) is 18.2 Å². The lowest BCUT2D eigenvalue weighted by Crippen LogP contribution is -2.10. The van der Waals surface area contributed by atoms with Gasteiger partial charge in [-0.15, -0.1) is 0 Å². The highest BCUT2D eigenvalue weighted by atomic mass is 15.1. The number of hydrogen-bond acceptors (Lipinski definition) is 2. The molecule has 0 saturated carbocycles. The van der Waals surface area contributed by atoms with Gasteiger partial charge in [-0.2, -0.15) is 0 Å². The fourth-order valence-electron chi connectivity index (χ4n) is 7.84. The average Bonchev–Trinajstić information content (AvgIpc) is 3.35. The van der Waals surface area contributed by atoms with Crippen LogP contribution in [0, 0.1) is 0 Å². The molecule has 9 rings (SSSR count). The number of allylic oxidation sites excluding steroid dienone is 4. The highest BCUT2D eigenvalue weighted by Gasteiger charge is 2.16. The standard InChI is InChI=1S/C60H46N2/c1-2-3-4-8-15-46-22-34-55(35-23-46)61(56-36-24-50(25-37-56)47-16-9-5-10-17-47)57-42-30-53(31-43-57)54-32-44-60(45-33-54)62(58-38-26-51(27-39-58)48-18-11-6-12-19-48)59-40-28-52(29-41-59)49-20-13-7-14-21-49/h2-45H,1H2/b4-3-,15-8+. The molecule has 0 heterocycles. The molecule has 0 unspecified atom stereocenters. The van der Waals surface area contributed by atoms with Gasteiger partial charge in [0.05, 0.1) is 0 Å². The maximum Gasteiger partial charge on any atom is 0.0462 e. The molecule has 2 heteroatoms. The van der Waals surface area contributed by atoms with Crippen molar-refractivity contribution >= 4 is 40.2 Å². The van der Waals surface area contributed by atoms with Gasteiger partial charge in [0.2, 0.25) is 0 Å². The predicted octanol–water partition coefficient (Wildman–Crippen LogP) is 17.0. The topological polar surface area (TPSA) is 6.48 Å². The third-order valence-corrected chi connectivity index (χ3v) is 11.1. The van der Waals surface area contributed by atoms with Crippen LogP contribution in [0.15, 0.2) is 267 Å². The van der Waals surface area contributed by atoms with Crippen LogP contribution in [0.25, 0.3) is 50.6 Å². The second kappa shape index (κ2) is 18.8. The summed E-state index contributed by atoms with van der Waals surface area (Å²) in [6.45, 7) is 3.76. The third kappa shape index (κ3) is 9.01. The van der Waals surface area contributed by atoms with Crippen LogP contribution in [0.1, 0.15) is 5.56 Å². The smallest absolute Gasteiger partial charge is 0.0462 e. The summed E-state index contributed by atoms with van der Waals surface area (Å²) in [7, 11) is 0. The molecule has 0 N–H and O–H groups in total. The maximum absolute atomic E-state index is 3.76. The average molecular weight is 795 g/mol. The molecule has 9 aromatic rings. The second-order valence-corrected chi connectivity index (χ2v) is 15.1. The van der Waals surface area contributed by atoms with Crippen molar-refractivity contribution in [3.05, 3.63) is 273 Å². The molecule has 0 aliphatic heterocycles. The Morgan fingerprint density at radius 2 is 0.484 bits per heavy atom. The zero-order valence-electron chi connectivity index (χ0n) is 34.5. The summed E-state index contributed by atoms with van der Waals surface area (Å²) in [4.78, 5) is 4.65. The summed E-state index contributed by atoms with van der Waals surface area (Å²) in [6, 6.07) is 84.6. The Balaban J connectivity index is 1.02. The van der Waals surface area contributed by atoms with Crippen LogP contribution in [-0.4, -0.2) is 0 Å². The van der Waals surface area contributed by atoms with Crippen LogP contribution in [-0.2, 0) is 0 Å². The molecule has 0 aliphatic carbocycles. The first-order valence-electron chi connectivity index (χ1n) is 21.0. The molecular weight excluding hydrogens is 749 g/mol. The van der Waals surface area contributed by atoms with Crippen molar-refractivity contribution in [2.75, 3.05) is 9.80 Å². The van der Waals surface area contributed by atoms with Crippen molar-refractivity contribution in [1.29, 1.82) is 0 Å². The van der Waals surface area contributed by atoms with Crippen LogP contribution < -0.4 is 9.80 Å². The zero-order chi connectivity index (χ0) is 41.9. The van der Waals surface area contributed by atoms with Crippen LogP contribution in [0.5, 0.6) is 0 Å². The fraction of sp³-hybridized carbons (Fsp3) is 0. The van der Waals surface area contributed by atoms with E-state index in [1.54, 1.807) is 6.08 Å². The molecule has 62 heavy (non-hydrogen) atoms. The molecule has 0 aromatic heterocycles. The summed E-state index contributed by atoms with van der Waals surface area (Å²) >= 11 is 0. The molecule has 0 fully saturated rings. The van der Waals surface area contributed by atoms with E-state index in [1.165, 1.54) is 33.4 Å². The number of benzene rings is 9. The highest BCUT2D eigenvalue weighted by Crippen LogP contribution is 2.40. The van der Waals surface area contributed by atoms with E-state index in [0.29, 0.717) is 0 Å². The summed E-state index contributed by atoms with van der Waals surface area (Å²) in [5.41, 5.74) is 17.2. The first kappa shape index (κ1) is 39.3. The number of rotatable bonds is 13. The van der Waals surface area contributed by atoms with E-state index < -0.39 is 0 Å². The monoisotopic (exact) mass is 794 g/mol. The molecule has 9 aromatic carbocycles. The van der Waals surface area contributed by atoms with E-state index in [2.05, 4.69) is 259 Å². The van der Waals surface area contributed by atoms with Gasteiger partial charge in [0, 0.05) is 34.1 Å². The first-order valence-corrected chi connectivity index (χ1v) is 21.0. The van der Waals surface area contributed by atoms with Crippen molar-refractivity contribution in [1.82, 2.24) is 0 Å². The minimum atomic E-state index is 1.08. The van der Waals surface area contributed by atoms with Gasteiger partial charge in [-0.1, -0.05) is 201 Å². The van der Waals surface area contributed by atoms with Crippen molar-refractivity contribution in [3.8, 4) is 44.5 Å². The van der Waals surface area contributed by atoms with E-state index in [4.69, 9.17) is 0 Å². The number of anilines is 6. The van der Waals surface area contributed by atoms with E-state index >= 15 is 0 Å². The van der Waals surface area contributed by atoms with E-state index in [0.717, 1.165) is 50.8 Å². The van der Waals surface area contributed by atoms with E-state index in [9.17, 15) is 0 Å². The first-order chi connectivity index (χ1) is 30.7. The Hall–Kier alpha value is -8.20. The summed E-state index contributed by atoms with van der Waals surface area (Å²) < 4.78 is 0. The number of nitrogens with zero attached hydrogens (tertiary/aromatic N) is 2. The van der Waals surface area contributed by atoms with Crippen molar-refractivity contribution in [2.45, 2.75) is 0 Å². The van der Waals surface area contributed by atoms with Gasteiger partial charge in [0.1, 0.15) is 0 Å². The molecule has 0 bridgehead atoms. The van der Waals surface area contributed by atoms with Crippen molar-refractivity contribution in [3.63, 3.8) is 0 Å². The van der Waals surface area contributed by atoms with Gasteiger partial charge >= 0.3 is 0 Å². The third-order valence-electron chi connectivity index (χ3n) is 11.1. The minimum Gasteiger partial charge on any atom is -0.311 e. The van der Waals surface area contributed by atoms with Crippen LogP contribution in [0.4, 0.5) is 34.1 Å². The van der Waals surface area contributed by atoms with Crippen LogP contribution in [0.3, 0.4) is 0 Å². The lowest BCUT2D eigenvalue weighted by atomic mass is 10.0. The Morgan fingerprint density at radius 1 is 0.242 bits per heavy atom. The van der Waals surface area contributed by atoms with Gasteiger partial charge in [-0.05, 0) is 123 Å². The van der Waals surface area contributed by atoms with Gasteiger partial charge in [0.15, 0.2) is 0 Å². The van der Waals surface area contributed by atoms with Crippen molar-refractivity contribution < 1.29 is 0 Å². The maximum atomic E-state index is 3.76. The summed E-state index contributed by atoms with van der Waals surface area (Å²) in [5, 5.41) is 0. The Kier molecular flexibility index (Phi) is 11.9. The Morgan fingerprint density at radius 3 is 0.742 bits per heavy atom.